The van der Waals surface area contributed by atoms with Crippen LogP contribution in [-0.4, -0.2) is 42.9 Å². The summed E-state index contributed by atoms with van der Waals surface area (Å²) >= 11 is 0. The molecule has 1 aromatic carbocycles. The van der Waals surface area contributed by atoms with Crippen molar-refractivity contribution in [3.05, 3.63) is 45.4 Å². The molecule has 0 aliphatic carbocycles. The Kier molecular flexibility index (Phi) is 6.05. The van der Waals surface area contributed by atoms with E-state index in [0.717, 1.165) is 0 Å². The van der Waals surface area contributed by atoms with Crippen LogP contribution in [0.15, 0.2) is 23.0 Å². The van der Waals surface area contributed by atoms with Crippen LogP contribution in [0.25, 0.3) is 0 Å². The Morgan fingerprint density at radius 3 is 2.46 bits per heavy atom. The largest absolute Gasteiger partial charge is 0.493 e. The van der Waals surface area contributed by atoms with Gasteiger partial charge in [-0.1, -0.05) is 6.07 Å². The summed E-state index contributed by atoms with van der Waals surface area (Å²) in [5.41, 5.74) is 6.48. The highest BCUT2D eigenvalue weighted by Crippen LogP contribution is 2.35. The first-order valence-electron chi connectivity index (χ1n) is 7.80. The molecule has 0 bridgehead atoms. The van der Waals surface area contributed by atoms with Crippen LogP contribution in [0, 0.1) is 6.92 Å². The molecule has 2 aromatic rings. The van der Waals surface area contributed by atoms with E-state index in [1.54, 1.807) is 25.1 Å². The maximum Gasteiger partial charge on any atom is 0.306 e. The van der Waals surface area contributed by atoms with Crippen molar-refractivity contribution in [2.75, 3.05) is 20.8 Å². The fourth-order valence-electron chi connectivity index (χ4n) is 2.68. The Morgan fingerprint density at radius 1 is 1.19 bits per heavy atom. The van der Waals surface area contributed by atoms with Gasteiger partial charge in [-0.25, -0.2) is 0 Å². The third-order valence-corrected chi connectivity index (χ3v) is 3.92. The lowest BCUT2D eigenvalue weighted by molar-refractivity contribution is -0.140. The van der Waals surface area contributed by atoms with Gasteiger partial charge in [0, 0.05) is 17.2 Å². The molecule has 1 amide bonds. The third kappa shape index (κ3) is 4.24. The molecule has 26 heavy (non-hydrogen) atoms. The third-order valence-electron chi connectivity index (χ3n) is 3.92. The van der Waals surface area contributed by atoms with E-state index in [2.05, 4.69) is 10.2 Å². The van der Waals surface area contributed by atoms with Gasteiger partial charge in [0.2, 0.25) is 0 Å². The van der Waals surface area contributed by atoms with Gasteiger partial charge in [0.1, 0.15) is 0 Å². The molecule has 2 rings (SSSR count). The van der Waals surface area contributed by atoms with Gasteiger partial charge in [-0.05, 0) is 24.6 Å². The fourth-order valence-corrected chi connectivity index (χ4v) is 2.68. The number of H-pyrrole nitrogens is 2. The number of nitrogens with one attached hydrogen (secondary N) is 2. The standard InChI is InChI=1S/C17H21N3O6/c1-9-16(17(23)20-19-9)11(7-15(22)25-3)10-4-5-12(13(6-10)24-2)26-8-14(18)21/h4-6,11H,7-8H2,1-3H3,(H2,18,21)(H2,19,20,23)/t11-/m1/s1. The quantitative estimate of drug-likeness (QED) is 0.587. The van der Waals surface area contributed by atoms with Gasteiger partial charge >= 0.3 is 5.97 Å². The number of nitrogens with two attached hydrogens (primary N) is 1. The van der Waals surface area contributed by atoms with E-state index in [1.807, 2.05) is 0 Å². The normalized spacial score (nSPS) is 11.7. The molecule has 0 saturated heterocycles. The van der Waals surface area contributed by atoms with Crippen molar-refractivity contribution < 1.29 is 23.8 Å². The fraction of sp³-hybridized carbons (Fsp3) is 0.353. The molecule has 1 aromatic heterocycles. The summed E-state index contributed by atoms with van der Waals surface area (Å²) in [6, 6.07) is 4.94. The molecule has 0 aliphatic rings. The number of carbonyl (C=O) groups excluding carboxylic acids is 2. The molecule has 0 saturated carbocycles. The highest BCUT2D eigenvalue weighted by atomic mass is 16.5. The second-order valence-corrected chi connectivity index (χ2v) is 5.62. The molecule has 0 spiro atoms. The SMILES string of the molecule is COC(=O)C[C@H](c1ccc(OCC(N)=O)c(OC)c1)c1c(C)[nH][nH]c1=O. The van der Waals surface area contributed by atoms with E-state index in [0.29, 0.717) is 28.3 Å². The number of aromatic nitrogens is 2. The summed E-state index contributed by atoms with van der Waals surface area (Å²) in [5, 5.41) is 5.27. The van der Waals surface area contributed by atoms with Crippen LogP contribution in [-0.2, 0) is 14.3 Å². The second kappa shape index (κ2) is 8.24. The van der Waals surface area contributed by atoms with Gasteiger partial charge < -0.3 is 25.0 Å². The van der Waals surface area contributed by atoms with Crippen molar-refractivity contribution in [1.82, 2.24) is 10.2 Å². The molecular formula is C17H21N3O6. The van der Waals surface area contributed by atoms with Crippen LogP contribution in [0.5, 0.6) is 11.5 Å². The molecule has 0 radical (unpaired) electrons. The van der Waals surface area contributed by atoms with Gasteiger partial charge in [-0.3, -0.25) is 19.5 Å². The van der Waals surface area contributed by atoms with Crippen molar-refractivity contribution in [3.63, 3.8) is 0 Å². The zero-order valence-corrected chi connectivity index (χ0v) is 14.8. The molecule has 0 aliphatic heterocycles. The average molecular weight is 363 g/mol. The van der Waals surface area contributed by atoms with Gasteiger partial charge in [0.15, 0.2) is 18.1 Å². The number of aromatic amines is 2. The molecular weight excluding hydrogens is 342 g/mol. The van der Waals surface area contributed by atoms with Crippen molar-refractivity contribution in [3.8, 4) is 11.5 Å². The first-order valence-corrected chi connectivity index (χ1v) is 7.80. The molecule has 9 nitrogen and oxygen atoms in total. The van der Waals surface area contributed by atoms with E-state index in [-0.39, 0.29) is 18.6 Å². The lowest BCUT2D eigenvalue weighted by Gasteiger charge is -2.18. The lowest BCUT2D eigenvalue weighted by atomic mass is 9.88. The van der Waals surface area contributed by atoms with Crippen molar-refractivity contribution in [2.45, 2.75) is 19.3 Å². The van der Waals surface area contributed by atoms with Crippen LogP contribution >= 0.6 is 0 Å². The van der Waals surface area contributed by atoms with Gasteiger partial charge in [0.05, 0.1) is 20.6 Å². The van der Waals surface area contributed by atoms with Crippen LogP contribution in [0.3, 0.4) is 0 Å². The number of methoxy groups -OCH3 is 2. The average Bonchev–Trinajstić information content (AvgIpc) is 2.96. The maximum atomic E-state index is 12.2. The number of rotatable bonds is 8. The zero-order chi connectivity index (χ0) is 19.3. The van der Waals surface area contributed by atoms with E-state index >= 15 is 0 Å². The summed E-state index contributed by atoms with van der Waals surface area (Å²) in [5.74, 6) is -0.941. The van der Waals surface area contributed by atoms with Crippen LogP contribution in [0.1, 0.15) is 29.2 Å². The number of carbonyl (C=O) groups is 2. The molecule has 1 atom stereocenters. The number of ether oxygens (including phenoxy) is 3. The van der Waals surface area contributed by atoms with Gasteiger partial charge in [-0.15, -0.1) is 0 Å². The Labute approximate surface area is 149 Å². The highest BCUT2D eigenvalue weighted by molar-refractivity contribution is 5.75. The summed E-state index contributed by atoms with van der Waals surface area (Å²) < 4.78 is 15.3. The monoisotopic (exact) mass is 363 g/mol. The summed E-state index contributed by atoms with van der Waals surface area (Å²) in [6.45, 7) is 1.44. The highest BCUT2D eigenvalue weighted by Gasteiger charge is 2.25. The predicted molar refractivity (Wildman–Crippen MR) is 92.3 cm³/mol. The number of benzene rings is 1. The van der Waals surface area contributed by atoms with Crippen molar-refractivity contribution in [1.29, 1.82) is 0 Å². The number of esters is 1. The minimum Gasteiger partial charge on any atom is -0.493 e. The smallest absolute Gasteiger partial charge is 0.306 e. The van der Waals surface area contributed by atoms with E-state index < -0.39 is 17.8 Å². The van der Waals surface area contributed by atoms with E-state index in [9.17, 15) is 14.4 Å². The van der Waals surface area contributed by atoms with Crippen LogP contribution < -0.4 is 20.8 Å². The Bertz CT molecular complexity index is 854. The lowest BCUT2D eigenvalue weighted by Crippen LogP contribution is -2.20. The minimum atomic E-state index is -0.617. The number of aryl methyl sites for hydroxylation is 1. The summed E-state index contributed by atoms with van der Waals surface area (Å²) in [4.78, 5) is 34.9. The van der Waals surface area contributed by atoms with Gasteiger partial charge in [-0.2, -0.15) is 0 Å². The van der Waals surface area contributed by atoms with E-state index in [1.165, 1.54) is 14.2 Å². The zero-order valence-electron chi connectivity index (χ0n) is 14.8. The molecule has 140 valence electrons. The number of amides is 1. The molecule has 4 N–H and O–H groups in total. The van der Waals surface area contributed by atoms with Crippen molar-refractivity contribution >= 4 is 11.9 Å². The Hall–Kier alpha value is -3.23. The van der Waals surface area contributed by atoms with Crippen molar-refractivity contribution in [2.24, 2.45) is 5.73 Å². The first kappa shape index (κ1) is 19.1. The number of primary amides is 1. The molecule has 0 unspecified atom stereocenters. The topological polar surface area (TPSA) is 136 Å². The molecule has 9 heteroatoms. The first-order chi connectivity index (χ1) is 12.4. The van der Waals surface area contributed by atoms with Crippen LogP contribution in [0.4, 0.5) is 0 Å². The Balaban J connectivity index is 2.46. The predicted octanol–water partition coefficient (Wildman–Crippen LogP) is 0.579. The second-order valence-electron chi connectivity index (χ2n) is 5.62. The van der Waals surface area contributed by atoms with E-state index in [4.69, 9.17) is 19.9 Å². The summed E-state index contributed by atoms with van der Waals surface area (Å²) in [6.07, 6.45) is -0.0249. The molecule has 1 heterocycles. The maximum absolute atomic E-state index is 12.2. The number of hydrogen-bond donors (Lipinski definition) is 3. The minimum absolute atomic E-state index is 0.0249. The van der Waals surface area contributed by atoms with Crippen LogP contribution in [0.2, 0.25) is 0 Å². The Morgan fingerprint density at radius 2 is 1.92 bits per heavy atom. The molecule has 0 fully saturated rings. The van der Waals surface area contributed by atoms with Gasteiger partial charge in [0.25, 0.3) is 11.5 Å². The number of hydrogen-bond acceptors (Lipinski definition) is 6. The summed E-state index contributed by atoms with van der Waals surface area (Å²) in [7, 11) is 2.73.